The Labute approximate surface area is 126 Å². The highest BCUT2D eigenvalue weighted by atomic mass is 16.1. The maximum Gasteiger partial charge on any atom is 0.225 e. The standard InChI is InChI=1S/C17H23N3O/c1-17(2)7-10-20(11-8-17)9-6-16(21)19-15-5-3-4-14(12-15)13-18/h3-5,12H,6-11H2,1-2H3,(H,19,21). The number of nitriles is 1. The third-order valence-electron chi connectivity index (χ3n) is 4.14. The van der Waals surface area contributed by atoms with Crippen molar-refractivity contribution in [2.24, 2.45) is 5.41 Å². The fourth-order valence-corrected chi connectivity index (χ4v) is 2.53. The highest BCUT2D eigenvalue weighted by molar-refractivity contribution is 5.90. The molecule has 1 aromatic carbocycles. The number of piperidine rings is 1. The summed E-state index contributed by atoms with van der Waals surface area (Å²) in [5.41, 5.74) is 1.70. The molecular formula is C17H23N3O. The molecule has 112 valence electrons. The van der Waals surface area contributed by atoms with E-state index in [2.05, 4.69) is 30.1 Å². The maximum atomic E-state index is 12.0. The first-order chi connectivity index (χ1) is 9.98. The summed E-state index contributed by atoms with van der Waals surface area (Å²) in [6, 6.07) is 9.08. The number of hydrogen-bond donors (Lipinski definition) is 1. The molecule has 0 unspecified atom stereocenters. The topological polar surface area (TPSA) is 56.1 Å². The van der Waals surface area contributed by atoms with Crippen LogP contribution in [0.3, 0.4) is 0 Å². The minimum atomic E-state index is 0.00919. The quantitative estimate of drug-likeness (QED) is 0.925. The Bertz CT molecular complexity index is 535. The summed E-state index contributed by atoms with van der Waals surface area (Å²) in [7, 11) is 0. The Balaban J connectivity index is 1.76. The number of benzene rings is 1. The monoisotopic (exact) mass is 285 g/mol. The second-order valence-corrected chi connectivity index (χ2v) is 6.50. The van der Waals surface area contributed by atoms with Crippen LogP contribution in [0.1, 0.15) is 38.7 Å². The Morgan fingerprint density at radius 1 is 1.38 bits per heavy atom. The van der Waals surface area contributed by atoms with Crippen LogP contribution < -0.4 is 5.32 Å². The van der Waals surface area contributed by atoms with Crippen LogP contribution in [-0.2, 0) is 4.79 Å². The Morgan fingerprint density at radius 3 is 2.76 bits per heavy atom. The number of likely N-dealkylation sites (tertiary alicyclic amines) is 1. The van der Waals surface area contributed by atoms with Gasteiger partial charge in [0.2, 0.25) is 5.91 Å². The van der Waals surface area contributed by atoms with Gasteiger partial charge in [-0.15, -0.1) is 0 Å². The molecule has 1 aromatic rings. The number of nitrogens with zero attached hydrogens (tertiary/aromatic N) is 2. The van der Waals surface area contributed by atoms with Crippen molar-refractivity contribution < 1.29 is 4.79 Å². The van der Waals surface area contributed by atoms with Crippen molar-refractivity contribution >= 4 is 11.6 Å². The summed E-state index contributed by atoms with van der Waals surface area (Å²) in [6.07, 6.45) is 2.88. The molecule has 0 radical (unpaired) electrons. The van der Waals surface area contributed by atoms with E-state index in [0.717, 1.165) is 19.6 Å². The molecule has 1 aliphatic heterocycles. The van der Waals surface area contributed by atoms with Crippen molar-refractivity contribution in [3.63, 3.8) is 0 Å². The van der Waals surface area contributed by atoms with E-state index >= 15 is 0 Å². The van der Waals surface area contributed by atoms with Crippen molar-refractivity contribution in [3.8, 4) is 6.07 Å². The van der Waals surface area contributed by atoms with Crippen LogP contribution in [0.15, 0.2) is 24.3 Å². The first-order valence-electron chi connectivity index (χ1n) is 7.51. The lowest BCUT2D eigenvalue weighted by Gasteiger charge is -2.36. The predicted octanol–water partition coefficient (Wildman–Crippen LogP) is 3.01. The molecule has 0 atom stereocenters. The number of amides is 1. The van der Waals surface area contributed by atoms with Gasteiger partial charge in [0.1, 0.15) is 0 Å². The molecule has 1 aliphatic rings. The summed E-state index contributed by atoms with van der Waals surface area (Å²) in [6.45, 7) is 7.56. The molecule has 0 aliphatic carbocycles. The second-order valence-electron chi connectivity index (χ2n) is 6.50. The molecule has 1 amide bonds. The number of nitrogens with one attached hydrogen (secondary N) is 1. The summed E-state index contributed by atoms with van der Waals surface area (Å²) < 4.78 is 0. The summed E-state index contributed by atoms with van der Waals surface area (Å²) in [4.78, 5) is 14.3. The molecule has 1 fully saturated rings. The largest absolute Gasteiger partial charge is 0.326 e. The average molecular weight is 285 g/mol. The maximum absolute atomic E-state index is 12.0. The first-order valence-corrected chi connectivity index (χ1v) is 7.51. The molecule has 1 N–H and O–H groups in total. The summed E-state index contributed by atoms with van der Waals surface area (Å²) in [5.74, 6) is 0.00919. The highest BCUT2D eigenvalue weighted by Crippen LogP contribution is 2.29. The second kappa shape index (κ2) is 6.73. The number of carbonyl (C=O) groups excluding carboxylic acids is 1. The number of hydrogen-bond acceptors (Lipinski definition) is 3. The SMILES string of the molecule is CC1(C)CCN(CCC(=O)Nc2cccc(C#N)c2)CC1. The van der Waals surface area contributed by atoms with Crippen LogP contribution in [0.4, 0.5) is 5.69 Å². The van der Waals surface area contributed by atoms with E-state index in [4.69, 9.17) is 5.26 Å². The van der Waals surface area contributed by atoms with E-state index in [-0.39, 0.29) is 5.91 Å². The lowest BCUT2D eigenvalue weighted by Crippen LogP contribution is -2.38. The lowest BCUT2D eigenvalue weighted by molar-refractivity contribution is -0.116. The van der Waals surface area contributed by atoms with Gasteiger partial charge in [0.05, 0.1) is 11.6 Å². The third-order valence-corrected chi connectivity index (χ3v) is 4.14. The smallest absolute Gasteiger partial charge is 0.225 e. The summed E-state index contributed by atoms with van der Waals surface area (Å²) in [5, 5.41) is 11.7. The minimum absolute atomic E-state index is 0.00919. The zero-order valence-corrected chi connectivity index (χ0v) is 12.9. The molecule has 1 heterocycles. The number of carbonyl (C=O) groups is 1. The van der Waals surface area contributed by atoms with Gasteiger partial charge >= 0.3 is 0 Å². The van der Waals surface area contributed by atoms with Crippen molar-refractivity contribution in [2.75, 3.05) is 25.0 Å². The molecule has 0 spiro atoms. The first kappa shape index (κ1) is 15.5. The van der Waals surface area contributed by atoms with Crippen LogP contribution in [0, 0.1) is 16.7 Å². The molecule has 0 aromatic heterocycles. The van der Waals surface area contributed by atoms with Crippen LogP contribution in [-0.4, -0.2) is 30.4 Å². The number of anilines is 1. The summed E-state index contributed by atoms with van der Waals surface area (Å²) >= 11 is 0. The van der Waals surface area contributed by atoms with E-state index < -0.39 is 0 Å². The Hall–Kier alpha value is -1.86. The van der Waals surface area contributed by atoms with Crippen molar-refractivity contribution in [1.82, 2.24) is 4.90 Å². The van der Waals surface area contributed by atoms with E-state index in [1.54, 1.807) is 18.2 Å². The predicted molar refractivity (Wildman–Crippen MR) is 83.9 cm³/mol. The van der Waals surface area contributed by atoms with Gasteiger partial charge < -0.3 is 10.2 Å². The fourth-order valence-electron chi connectivity index (χ4n) is 2.53. The normalized spacial score (nSPS) is 18.0. The zero-order valence-electron chi connectivity index (χ0n) is 12.9. The van der Waals surface area contributed by atoms with Gasteiger partial charge in [-0.3, -0.25) is 4.79 Å². The van der Waals surface area contributed by atoms with Crippen LogP contribution in [0.25, 0.3) is 0 Å². The molecule has 0 bridgehead atoms. The molecule has 0 saturated carbocycles. The molecule has 2 rings (SSSR count). The van der Waals surface area contributed by atoms with Crippen molar-refractivity contribution in [3.05, 3.63) is 29.8 Å². The average Bonchev–Trinajstić information content (AvgIpc) is 2.46. The zero-order chi connectivity index (χ0) is 15.3. The van der Waals surface area contributed by atoms with Gasteiger partial charge in [-0.05, 0) is 49.5 Å². The van der Waals surface area contributed by atoms with Gasteiger partial charge in [-0.1, -0.05) is 19.9 Å². The van der Waals surface area contributed by atoms with E-state index in [1.165, 1.54) is 12.8 Å². The Kier molecular flexibility index (Phi) is 4.98. The van der Waals surface area contributed by atoms with Gasteiger partial charge in [0.25, 0.3) is 0 Å². The minimum Gasteiger partial charge on any atom is -0.326 e. The van der Waals surface area contributed by atoms with Gasteiger partial charge in [-0.25, -0.2) is 0 Å². The molecule has 4 nitrogen and oxygen atoms in total. The van der Waals surface area contributed by atoms with Crippen LogP contribution in [0.5, 0.6) is 0 Å². The molecular weight excluding hydrogens is 262 g/mol. The van der Waals surface area contributed by atoms with Gasteiger partial charge in [-0.2, -0.15) is 5.26 Å². The van der Waals surface area contributed by atoms with E-state index in [9.17, 15) is 4.79 Å². The van der Waals surface area contributed by atoms with Crippen LogP contribution in [0.2, 0.25) is 0 Å². The lowest BCUT2D eigenvalue weighted by atomic mass is 9.83. The Morgan fingerprint density at radius 2 is 2.10 bits per heavy atom. The van der Waals surface area contributed by atoms with Gasteiger partial charge in [0, 0.05) is 18.7 Å². The van der Waals surface area contributed by atoms with Crippen LogP contribution >= 0.6 is 0 Å². The van der Waals surface area contributed by atoms with E-state index in [0.29, 0.717) is 23.1 Å². The van der Waals surface area contributed by atoms with E-state index in [1.807, 2.05) is 6.07 Å². The molecule has 4 heteroatoms. The third kappa shape index (κ3) is 4.87. The van der Waals surface area contributed by atoms with Crippen molar-refractivity contribution in [2.45, 2.75) is 33.1 Å². The highest BCUT2D eigenvalue weighted by Gasteiger charge is 2.25. The van der Waals surface area contributed by atoms with Gasteiger partial charge in [0.15, 0.2) is 0 Å². The molecule has 1 saturated heterocycles. The number of rotatable bonds is 4. The van der Waals surface area contributed by atoms with Crippen molar-refractivity contribution in [1.29, 1.82) is 5.26 Å². The molecule has 21 heavy (non-hydrogen) atoms. The fraction of sp³-hybridized carbons (Fsp3) is 0.529.